The van der Waals surface area contributed by atoms with E-state index < -0.39 is 5.91 Å². The Labute approximate surface area is 218 Å². The number of aliphatic hydroxyl groups excluding tert-OH is 1. The Morgan fingerprint density at radius 2 is 1.81 bits per heavy atom. The summed E-state index contributed by atoms with van der Waals surface area (Å²) in [7, 11) is 0. The van der Waals surface area contributed by atoms with Gasteiger partial charge in [-0.05, 0) is 61.8 Å². The van der Waals surface area contributed by atoms with E-state index in [1.807, 2.05) is 62.4 Å². The Hall–Kier alpha value is -3.71. The van der Waals surface area contributed by atoms with Crippen LogP contribution in [0.25, 0.3) is 5.57 Å². The van der Waals surface area contributed by atoms with Crippen molar-refractivity contribution in [2.24, 2.45) is 0 Å². The van der Waals surface area contributed by atoms with Crippen LogP contribution in [0.1, 0.15) is 72.5 Å². The molecule has 7 nitrogen and oxygen atoms in total. The Bertz CT molecular complexity index is 1240. The van der Waals surface area contributed by atoms with Crippen LogP contribution in [0.2, 0.25) is 0 Å². The second kappa shape index (κ2) is 12.5. The van der Waals surface area contributed by atoms with Crippen molar-refractivity contribution < 1.29 is 19.7 Å². The van der Waals surface area contributed by atoms with Crippen LogP contribution in [0.3, 0.4) is 0 Å². The number of nitrogens with zero attached hydrogens (tertiary/aromatic N) is 3. The van der Waals surface area contributed by atoms with Gasteiger partial charge in [-0.3, -0.25) is 4.79 Å². The van der Waals surface area contributed by atoms with E-state index in [1.54, 1.807) is 0 Å². The predicted octanol–water partition coefficient (Wildman–Crippen LogP) is 5.15. The predicted molar refractivity (Wildman–Crippen MR) is 143 cm³/mol. The van der Waals surface area contributed by atoms with Gasteiger partial charge in [-0.2, -0.15) is 4.98 Å². The summed E-state index contributed by atoms with van der Waals surface area (Å²) in [5.74, 6) is -0.505. The summed E-state index contributed by atoms with van der Waals surface area (Å²) in [6.07, 6.45) is 7.14. The van der Waals surface area contributed by atoms with E-state index in [9.17, 15) is 15.0 Å². The molecule has 2 aromatic carbocycles. The first-order valence-electron chi connectivity index (χ1n) is 12.9. The van der Waals surface area contributed by atoms with Gasteiger partial charge in [-0.1, -0.05) is 60.7 Å². The minimum atomic E-state index is -0.422. The molecule has 0 bridgehead atoms. The number of benzene rings is 2. The smallest absolute Gasteiger partial charge is 0.276 e. The van der Waals surface area contributed by atoms with Crippen molar-refractivity contribution in [3.63, 3.8) is 0 Å². The number of allylic oxidation sites excluding steroid dienone is 2. The fraction of sp³-hybridized carbons (Fsp3) is 0.367. The van der Waals surface area contributed by atoms with Gasteiger partial charge in [0.1, 0.15) is 12.4 Å². The molecular formula is C30H35N3O4. The van der Waals surface area contributed by atoms with Crippen LogP contribution in [-0.4, -0.2) is 50.2 Å². The minimum absolute atomic E-state index is 0.00468. The molecule has 1 amide bonds. The van der Waals surface area contributed by atoms with Gasteiger partial charge < -0.3 is 19.8 Å². The van der Waals surface area contributed by atoms with Crippen LogP contribution in [0, 0.1) is 0 Å². The summed E-state index contributed by atoms with van der Waals surface area (Å²) >= 11 is 0. The van der Waals surface area contributed by atoms with E-state index in [1.165, 1.54) is 23.3 Å². The highest BCUT2D eigenvalue weighted by atomic mass is 16.5. The van der Waals surface area contributed by atoms with Gasteiger partial charge in [0.15, 0.2) is 5.69 Å². The maximum absolute atomic E-state index is 13.6. The molecule has 0 radical (unpaired) electrons. The van der Waals surface area contributed by atoms with E-state index in [4.69, 9.17) is 4.74 Å². The van der Waals surface area contributed by atoms with E-state index >= 15 is 0 Å². The highest BCUT2D eigenvalue weighted by Crippen LogP contribution is 2.32. The van der Waals surface area contributed by atoms with Crippen molar-refractivity contribution in [1.29, 1.82) is 0 Å². The number of hydrogen-bond acceptors (Lipinski definition) is 6. The summed E-state index contributed by atoms with van der Waals surface area (Å²) in [5.41, 5.74) is 4.40. The Morgan fingerprint density at radius 3 is 2.51 bits per heavy atom. The molecule has 0 saturated heterocycles. The highest BCUT2D eigenvalue weighted by molar-refractivity contribution is 5.95. The third-order valence-electron chi connectivity index (χ3n) is 6.55. The first kappa shape index (κ1) is 26.4. The van der Waals surface area contributed by atoms with Gasteiger partial charge in [0.05, 0.1) is 6.61 Å². The van der Waals surface area contributed by atoms with Crippen LogP contribution in [0.5, 0.6) is 11.6 Å². The summed E-state index contributed by atoms with van der Waals surface area (Å²) in [5, 5.41) is 20.5. The Balaban J connectivity index is 1.71. The van der Waals surface area contributed by atoms with Crippen molar-refractivity contribution in [3.8, 4) is 11.6 Å². The largest absolute Gasteiger partial charge is 0.491 e. The summed E-state index contributed by atoms with van der Waals surface area (Å²) in [6, 6.07) is 17.5. The molecule has 0 aliphatic heterocycles. The Kier molecular flexibility index (Phi) is 8.90. The molecule has 37 heavy (non-hydrogen) atoms. The maximum atomic E-state index is 13.6. The van der Waals surface area contributed by atoms with Gasteiger partial charge in [-0.15, -0.1) is 0 Å². The van der Waals surface area contributed by atoms with Gasteiger partial charge in [0.25, 0.3) is 11.8 Å². The third kappa shape index (κ3) is 6.54. The molecule has 0 fully saturated rings. The number of ether oxygens (including phenoxy) is 1. The average molecular weight is 502 g/mol. The molecule has 0 saturated carbocycles. The van der Waals surface area contributed by atoms with E-state index in [2.05, 4.69) is 22.1 Å². The van der Waals surface area contributed by atoms with E-state index in [0.717, 1.165) is 29.5 Å². The normalized spacial score (nSPS) is 13.4. The molecule has 4 rings (SSSR count). The SMILES string of the molecule is CC(C)N(CCO)C(=O)c1nc(Cc2ccccc2C2=CCCCC2)nc(O)c1OCc1ccccc1. The Morgan fingerprint density at radius 1 is 1.05 bits per heavy atom. The summed E-state index contributed by atoms with van der Waals surface area (Å²) in [4.78, 5) is 24.1. The number of hydrogen-bond donors (Lipinski definition) is 2. The lowest BCUT2D eigenvalue weighted by atomic mass is 9.90. The van der Waals surface area contributed by atoms with Crippen LogP contribution < -0.4 is 4.74 Å². The van der Waals surface area contributed by atoms with Crippen LogP contribution >= 0.6 is 0 Å². The minimum Gasteiger partial charge on any atom is -0.491 e. The molecule has 2 N–H and O–H groups in total. The van der Waals surface area contributed by atoms with Crippen molar-refractivity contribution in [3.05, 3.63) is 88.9 Å². The number of aromatic hydroxyl groups is 1. The lowest BCUT2D eigenvalue weighted by Gasteiger charge is -2.26. The number of aliphatic hydroxyl groups is 1. The standard InChI is InChI=1S/C30H35N3O4/c1-21(2)33(17-18-34)30(36)27-28(37-20-22-11-5-3-6-12-22)29(35)32-26(31-27)19-24-15-9-10-16-25(24)23-13-7-4-8-14-23/h3,5-6,9-13,15-16,21,34H,4,7-8,14,17-20H2,1-2H3,(H,31,32,35). The van der Waals surface area contributed by atoms with Crippen LogP contribution in [0.15, 0.2) is 60.7 Å². The number of carbonyl (C=O) groups excluding carboxylic acids is 1. The molecule has 3 aromatic rings. The zero-order valence-electron chi connectivity index (χ0n) is 21.6. The molecule has 1 aromatic heterocycles. The third-order valence-corrected chi connectivity index (χ3v) is 6.55. The number of rotatable bonds is 10. The maximum Gasteiger partial charge on any atom is 0.276 e. The fourth-order valence-electron chi connectivity index (χ4n) is 4.65. The van der Waals surface area contributed by atoms with E-state index in [0.29, 0.717) is 12.2 Å². The van der Waals surface area contributed by atoms with Crippen LogP contribution in [-0.2, 0) is 13.0 Å². The first-order valence-corrected chi connectivity index (χ1v) is 12.9. The number of carbonyl (C=O) groups is 1. The number of aromatic nitrogens is 2. The average Bonchev–Trinajstić information content (AvgIpc) is 2.92. The molecule has 0 unspecified atom stereocenters. The summed E-state index contributed by atoms with van der Waals surface area (Å²) < 4.78 is 5.91. The van der Waals surface area contributed by atoms with Gasteiger partial charge in [-0.25, -0.2) is 4.98 Å². The molecule has 7 heteroatoms. The van der Waals surface area contributed by atoms with Crippen LogP contribution in [0.4, 0.5) is 0 Å². The number of amides is 1. The van der Waals surface area contributed by atoms with Gasteiger partial charge >= 0.3 is 0 Å². The van der Waals surface area contributed by atoms with Gasteiger partial charge in [0, 0.05) is 19.0 Å². The molecule has 1 heterocycles. The van der Waals surface area contributed by atoms with Crippen molar-refractivity contribution in [2.75, 3.05) is 13.2 Å². The second-order valence-corrected chi connectivity index (χ2v) is 9.54. The molecule has 1 aliphatic rings. The van der Waals surface area contributed by atoms with Crippen molar-refractivity contribution in [1.82, 2.24) is 14.9 Å². The monoisotopic (exact) mass is 501 g/mol. The van der Waals surface area contributed by atoms with Crippen molar-refractivity contribution >= 4 is 11.5 Å². The quantitative estimate of drug-likeness (QED) is 0.399. The lowest BCUT2D eigenvalue weighted by molar-refractivity contribution is 0.0652. The molecular weight excluding hydrogens is 466 g/mol. The van der Waals surface area contributed by atoms with E-state index in [-0.39, 0.29) is 43.1 Å². The van der Waals surface area contributed by atoms with Gasteiger partial charge in [0.2, 0.25) is 5.75 Å². The first-order chi connectivity index (χ1) is 18.0. The highest BCUT2D eigenvalue weighted by Gasteiger charge is 2.28. The zero-order chi connectivity index (χ0) is 26.2. The topological polar surface area (TPSA) is 95.8 Å². The fourth-order valence-corrected chi connectivity index (χ4v) is 4.65. The second-order valence-electron chi connectivity index (χ2n) is 9.54. The molecule has 0 atom stereocenters. The summed E-state index contributed by atoms with van der Waals surface area (Å²) in [6.45, 7) is 3.85. The van der Waals surface area contributed by atoms with Crippen molar-refractivity contribution in [2.45, 2.75) is 58.6 Å². The molecule has 1 aliphatic carbocycles. The molecule has 0 spiro atoms. The zero-order valence-corrected chi connectivity index (χ0v) is 21.6. The molecule has 194 valence electrons. The lowest BCUT2D eigenvalue weighted by Crippen LogP contribution is -2.39.